The first-order valence-electron chi connectivity index (χ1n) is 9.36. The van der Waals surface area contributed by atoms with Gasteiger partial charge >= 0.3 is 0 Å². The van der Waals surface area contributed by atoms with Gasteiger partial charge in [-0.1, -0.05) is 12.1 Å². The first-order chi connectivity index (χ1) is 13.6. The van der Waals surface area contributed by atoms with Crippen LogP contribution in [0.4, 0.5) is 4.39 Å². The molecule has 0 bridgehead atoms. The third-order valence-corrected chi connectivity index (χ3v) is 5.09. The van der Waals surface area contributed by atoms with Crippen molar-refractivity contribution >= 4 is 10.9 Å². The highest BCUT2D eigenvalue weighted by atomic mass is 19.1. The summed E-state index contributed by atoms with van der Waals surface area (Å²) in [7, 11) is 1.45. The van der Waals surface area contributed by atoms with Crippen molar-refractivity contribution in [3.63, 3.8) is 0 Å². The number of benzene rings is 2. The van der Waals surface area contributed by atoms with Crippen LogP contribution in [-0.4, -0.2) is 47.4 Å². The topological polar surface area (TPSA) is 54.8 Å². The van der Waals surface area contributed by atoms with Crippen LogP contribution in [-0.2, 0) is 6.54 Å². The van der Waals surface area contributed by atoms with E-state index in [-0.39, 0.29) is 17.7 Å². The number of β-amino-alcohol motifs (C(OH)–C–C–N with tert-alkyl or cyclic N) is 1. The van der Waals surface area contributed by atoms with Crippen LogP contribution in [0.3, 0.4) is 0 Å². The molecule has 1 aliphatic rings. The molecule has 0 saturated carbocycles. The molecule has 146 valence electrons. The van der Waals surface area contributed by atoms with Crippen molar-refractivity contribution in [1.82, 2.24) is 9.88 Å². The summed E-state index contributed by atoms with van der Waals surface area (Å²) in [6, 6.07) is 14.6. The second-order valence-corrected chi connectivity index (χ2v) is 7.07. The van der Waals surface area contributed by atoms with Crippen LogP contribution in [0.1, 0.15) is 12.0 Å². The molecule has 28 heavy (non-hydrogen) atoms. The van der Waals surface area contributed by atoms with Crippen molar-refractivity contribution in [2.24, 2.45) is 0 Å². The molecule has 0 amide bonds. The van der Waals surface area contributed by atoms with Crippen LogP contribution in [0.2, 0.25) is 0 Å². The Hall–Kier alpha value is -2.70. The van der Waals surface area contributed by atoms with Crippen molar-refractivity contribution < 1.29 is 19.0 Å². The van der Waals surface area contributed by atoms with Crippen molar-refractivity contribution in [2.75, 3.05) is 20.2 Å². The molecule has 1 aromatic heterocycles. The quantitative estimate of drug-likeness (QED) is 0.733. The van der Waals surface area contributed by atoms with Gasteiger partial charge in [-0.3, -0.25) is 9.88 Å². The molecule has 0 unspecified atom stereocenters. The summed E-state index contributed by atoms with van der Waals surface area (Å²) >= 11 is 0. The lowest BCUT2D eigenvalue weighted by Crippen LogP contribution is -2.48. The molecule has 1 fully saturated rings. The molecule has 4 rings (SSSR count). The average molecular weight is 382 g/mol. The van der Waals surface area contributed by atoms with E-state index in [2.05, 4.69) is 9.88 Å². The summed E-state index contributed by atoms with van der Waals surface area (Å²) in [5.41, 5.74) is 1.72. The first-order valence-corrected chi connectivity index (χ1v) is 9.36. The van der Waals surface area contributed by atoms with Crippen LogP contribution in [0, 0.1) is 5.82 Å². The molecule has 2 heterocycles. The molecular formula is C22H23FN2O3. The number of aliphatic hydroxyl groups is 1. The van der Waals surface area contributed by atoms with Crippen LogP contribution < -0.4 is 9.47 Å². The van der Waals surface area contributed by atoms with E-state index in [0.717, 1.165) is 23.0 Å². The number of aromatic nitrogens is 1. The molecule has 2 atom stereocenters. The predicted molar refractivity (Wildman–Crippen MR) is 105 cm³/mol. The molecule has 0 aliphatic carbocycles. The molecule has 1 saturated heterocycles. The van der Waals surface area contributed by atoms with Gasteiger partial charge in [-0.2, -0.15) is 0 Å². The van der Waals surface area contributed by atoms with Crippen molar-refractivity contribution in [1.29, 1.82) is 0 Å². The Morgan fingerprint density at radius 2 is 2.11 bits per heavy atom. The Morgan fingerprint density at radius 1 is 1.21 bits per heavy atom. The van der Waals surface area contributed by atoms with E-state index in [1.807, 2.05) is 36.4 Å². The van der Waals surface area contributed by atoms with Gasteiger partial charge in [0.1, 0.15) is 18.0 Å². The number of fused-ring (bicyclic) bond motifs is 1. The third kappa shape index (κ3) is 4.08. The third-order valence-electron chi connectivity index (χ3n) is 5.09. The van der Waals surface area contributed by atoms with E-state index in [4.69, 9.17) is 9.47 Å². The number of rotatable bonds is 5. The molecule has 3 aromatic rings. The number of aliphatic hydroxyl groups excluding tert-OH is 1. The molecule has 1 aliphatic heterocycles. The van der Waals surface area contributed by atoms with Gasteiger partial charge in [-0.25, -0.2) is 4.39 Å². The molecule has 6 heteroatoms. The summed E-state index contributed by atoms with van der Waals surface area (Å²) in [4.78, 5) is 6.45. The van der Waals surface area contributed by atoms with Crippen molar-refractivity contribution in [3.8, 4) is 11.5 Å². The number of piperidine rings is 1. The van der Waals surface area contributed by atoms with Gasteiger partial charge in [0.25, 0.3) is 0 Å². The van der Waals surface area contributed by atoms with Gasteiger partial charge in [0, 0.05) is 37.3 Å². The summed E-state index contributed by atoms with van der Waals surface area (Å²) in [5.74, 6) is 0.574. The maximum absolute atomic E-state index is 13.9. The largest absolute Gasteiger partial charge is 0.494 e. The zero-order valence-corrected chi connectivity index (χ0v) is 15.7. The summed E-state index contributed by atoms with van der Waals surface area (Å²) in [6.07, 6.45) is 1.56. The first kappa shape index (κ1) is 18.7. The number of methoxy groups -OCH3 is 1. The minimum atomic E-state index is -0.615. The van der Waals surface area contributed by atoms with Gasteiger partial charge in [0.15, 0.2) is 11.6 Å². The molecule has 1 N–H and O–H groups in total. The maximum Gasteiger partial charge on any atom is 0.165 e. The Kier molecular flexibility index (Phi) is 5.41. The van der Waals surface area contributed by atoms with Crippen LogP contribution in [0.5, 0.6) is 11.5 Å². The Balaban J connectivity index is 1.37. The average Bonchev–Trinajstić information content (AvgIpc) is 2.70. The van der Waals surface area contributed by atoms with Gasteiger partial charge < -0.3 is 14.6 Å². The molecule has 2 aromatic carbocycles. The summed E-state index contributed by atoms with van der Waals surface area (Å²) in [5, 5.41) is 11.6. The SMILES string of the molecule is COc1ccc(CN2CC[C@@H](Oc3ccc4cccnc4c3)[C@H](O)C2)cc1F. The number of likely N-dealkylation sites (tertiary alicyclic amines) is 1. The van der Waals surface area contributed by atoms with Crippen LogP contribution in [0.25, 0.3) is 10.9 Å². The van der Waals surface area contributed by atoms with E-state index in [1.54, 1.807) is 12.3 Å². The predicted octanol–water partition coefficient (Wildman–Crippen LogP) is 3.40. The standard InChI is InChI=1S/C22H23FN2O3/c1-27-21-7-4-15(11-18(21)23)13-25-10-8-22(20(26)14-25)28-17-6-5-16-3-2-9-24-19(16)12-17/h2-7,9,11-12,20,22,26H,8,10,13-14H2,1H3/t20-,22-/m1/s1. The second kappa shape index (κ2) is 8.12. The van der Waals surface area contributed by atoms with Gasteiger partial charge in [-0.05, 0) is 42.3 Å². The fourth-order valence-corrected chi connectivity index (χ4v) is 3.62. The van der Waals surface area contributed by atoms with Crippen molar-refractivity contribution in [2.45, 2.75) is 25.2 Å². The number of nitrogens with zero attached hydrogens (tertiary/aromatic N) is 2. The molecule has 5 nitrogen and oxygen atoms in total. The van der Waals surface area contributed by atoms with E-state index in [9.17, 15) is 9.50 Å². The lowest BCUT2D eigenvalue weighted by molar-refractivity contribution is -0.0274. The fraction of sp³-hybridized carbons (Fsp3) is 0.318. The maximum atomic E-state index is 13.9. The smallest absolute Gasteiger partial charge is 0.165 e. The summed E-state index contributed by atoms with van der Waals surface area (Å²) < 4.78 is 24.9. The van der Waals surface area contributed by atoms with Gasteiger partial charge in [0.05, 0.1) is 12.6 Å². The van der Waals surface area contributed by atoms with Crippen LogP contribution in [0.15, 0.2) is 54.7 Å². The number of pyridine rings is 1. The van der Waals surface area contributed by atoms with E-state index >= 15 is 0 Å². The zero-order chi connectivity index (χ0) is 19.5. The zero-order valence-electron chi connectivity index (χ0n) is 15.7. The molecular weight excluding hydrogens is 359 g/mol. The highest BCUT2D eigenvalue weighted by Crippen LogP contribution is 2.24. The lowest BCUT2D eigenvalue weighted by Gasteiger charge is -2.36. The number of halogens is 1. The number of hydrogen-bond acceptors (Lipinski definition) is 5. The molecule has 0 spiro atoms. The minimum absolute atomic E-state index is 0.237. The number of ether oxygens (including phenoxy) is 2. The van der Waals surface area contributed by atoms with Crippen LogP contribution >= 0.6 is 0 Å². The second-order valence-electron chi connectivity index (χ2n) is 7.07. The van der Waals surface area contributed by atoms with E-state index in [1.165, 1.54) is 13.2 Å². The fourth-order valence-electron chi connectivity index (χ4n) is 3.62. The van der Waals surface area contributed by atoms with Gasteiger partial charge in [0.2, 0.25) is 0 Å². The Morgan fingerprint density at radius 3 is 2.89 bits per heavy atom. The van der Waals surface area contributed by atoms with Gasteiger partial charge in [-0.15, -0.1) is 0 Å². The normalized spacial score (nSPS) is 20.2. The Labute approximate surface area is 163 Å². The van der Waals surface area contributed by atoms with E-state index < -0.39 is 6.10 Å². The monoisotopic (exact) mass is 382 g/mol. The Bertz CT molecular complexity index is 965. The highest BCUT2D eigenvalue weighted by Gasteiger charge is 2.29. The van der Waals surface area contributed by atoms with E-state index in [0.29, 0.717) is 25.3 Å². The molecule has 0 radical (unpaired) electrons. The number of hydrogen-bond donors (Lipinski definition) is 1. The lowest BCUT2D eigenvalue weighted by atomic mass is 10.0. The highest BCUT2D eigenvalue weighted by molar-refractivity contribution is 5.79. The van der Waals surface area contributed by atoms with Crippen molar-refractivity contribution in [3.05, 3.63) is 66.1 Å². The minimum Gasteiger partial charge on any atom is -0.494 e. The summed E-state index contributed by atoms with van der Waals surface area (Å²) in [6.45, 7) is 1.82.